The molecule has 1 aliphatic heterocycles. The van der Waals surface area contributed by atoms with E-state index in [1.165, 1.54) is 6.07 Å². The average Bonchev–Trinajstić information content (AvgIpc) is 2.93. The van der Waals surface area contributed by atoms with E-state index in [0.29, 0.717) is 18.0 Å². The molecule has 1 aromatic rings. The van der Waals surface area contributed by atoms with Crippen molar-refractivity contribution in [1.82, 2.24) is 4.72 Å². The van der Waals surface area contributed by atoms with Crippen molar-refractivity contribution in [2.75, 3.05) is 13.2 Å². The molecule has 2 N–H and O–H groups in total. The zero-order valence-electron chi connectivity index (χ0n) is 11.3. The summed E-state index contributed by atoms with van der Waals surface area (Å²) in [6.45, 7) is 4.48. The number of nitrogens with one attached hydrogen (secondary N) is 1. The van der Waals surface area contributed by atoms with Gasteiger partial charge in [-0.15, -0.1) is 11.3 Å². The van der Waals surface area contributed by atoms with Crippen molar-refractivity contribution < 1.29 is 23.1 Å². The highest BCUT2D eigenvalue weighted by molar-refractivity contribution is 7.89. The number of ether oxygens (including phenoxy) is 1. The van der Waals surface area contributed by atoms with Crippen molar-refractivity contribution in [1.29, 1.82) is 0 Å². The highest BCUT2D eigenvalue weighted by Gasteiger charge is 2.27. The van der Waals surface area contributed by atoms with E-state index in [0.717, 1.165) is 17.8 Å². The van der Waals surface area contributed by atoms with Crippen LogP contribution < -0.4 is 4.72 Å². The predicted octanol–water partition coefficient (Wildman–Crippen LogP) is 1.46. The van der Waals surface area contributed by atoms with Gasteiger partial charge in [0.15, 0.2) is 0 Å². The number of carboxylic acid groups (broad SMARTS) is 1. The maximum atomic E-state index is 12.2. The lowest BCUT2D eigenvalue weighted by molar-refractivity contribution is 0.0702. The van der Waals surface area contributed by atoms with Gasteiger partial charge in [0.25, 0.3) is 0 Å². The van der Waals surface area contributed by atoms with E-state index in [4.69, 9.17) is 9.84 Å². The van der Waals surface area contributed by atoms with Crippen molar-refractivity contribution in [2.45, 2.75) is 31.3 Å². The van der Waals surface area contributed by atoms with Gasteiger partial charge >= 0.3 is 5.97 Å². The van der Waals surface area contributed by atoms with Gasteiger partial charge in [-0.05, 0) is 26.3 Å². The van der Waals surface area contributed by atoms with Crippen LogP contribution in [0, 0.1) is 12.8 Å². The number of sulfonamides is 1. The molecule has 1 fully saturated rings. The topological polar surface area (TPSA) is 92.7 Å². The lowest BCUT2D eigenvalue weighted by Gasteiger charge is -2.14. The minimum absolute atomic E-state index is 0.0282. The third kappa shape index (κ3) is 3.20. The molecule has 8 heteroatoms. The van der Waals surface area contributed by atoms with Crippen LogP contribution in [0.5, 0.6) is 0 Å². The summed E-state index contributed by atoms with van der Waals surface area (Å²) in [5.74, 6) is -0.958. The molecule has 2 rings (SSSR count). The summed E-state index contributed by atoms with van der Waals surface area (Å²) >= 11 is 0.965. The molecule has 6 nitrogen and oxygen atoms in total. The van der Waals surface area contributed by atoms with Gasteiger partial charge in [-0.2, -0.15) is 0 Å². The molecule has 1 aliphatic rings. The van der Waals surface area contributed by atoms with Crippen molar-refractivity contribution in [3.05, 3.63) is 15.8 Å². The van der Waals surface area contributed by atoms with E-state index >= 15 is 0 Å². The first-order valence-corrected chi connectivity index (χ1v) is 8.56. The monoisotopic (exact) mass is 319 g/mol. The smallest absolute Gasteiger partial charge is 0.345 e. The summed E-state index contributed by atoms with van der Waals surface area (Å²) in [5.41, 5.74) is 0. The van der Waals surface area contributed by atoms with Crippen LogP contribution in [0.2, 0.25) is 0 Å². The Morgan fingerprint density at radius 1 is 1.60 bits per heavy atom. The van der Waals surface area contributed by atoms with E-state index in [-0.39, 0.29) is 21.8 Å². The van der Waals surface area contributed by atoms with Crippen LogP contribution in [0.15, 0.2) is 11.0 Å². The summed E-state index contributed by atoms with van der Waals surface area (Å²) in [5, 5.41) is 8.90. The van der Waals surface area contributed by atoms with Gasteiger partial charge in [-0.3, -0.25) is 0 Å². The highest BCUT2D eigenvalue weighted by atomic mass is 32.2. The first kappa shape index (κ1) is 15.4. The summed E-state index contributed by atoms with van der Waals surface area (Å²) in [4.78, 5) is 11.4. The van der Waals surface area contributed by atoms with Crippen LogP contribution in [0.1, 0.15) is 27.9 Å². The first-order chi connectivity index (χ1) is 9.31. The summed E-state index contributed by atoms with van der Waals surface area (Å²) in [7, 11) is -3.67. The largest absolute Gasteiger partial charge is 0.477 e. The molecule has 0 bridgehead atoms. The van der Waals surface area contributed by atoms with Crippen LogP contribution in [0.25, 0.3) is 0 Å². The van der Waals surface area contributed by atoms with Gasteiger partial charge in [0, 0.05) is 23.9 Å². The molecule has 0 spiro atoms. The molecule has 0 saturated carbocycles. The van der Waals surface area contributed by atoms with Gasteiger partial charge in [0.1, 0.15) is 4.88 Å². The van der Waals surface area contributed by atoms with Crippen molar-refractivity contribution in [2.24, 2.45) is 5.92 Å². The predicted molar refractivity (Wildman–Crippen MR) is 74.7 cm³/mol. The van der Waals surface area contributed by atoms with E-state index in [1.54, 1.807) is 6.92 Å². The van der Waals surface area contributed by atoms with Gasteiger partial charge in [0.2, 0.25) is 10.0 Å². The van der Waals surface area contributed by atoms with E-state index in [9.17, 15) is 13.2 Å². The Bertz CT molecular complexity index is 607. The fraction of sp³-hybridized carbons (Fsp3) is 0.583. The fourth-order valence-electron chi connectivity index (χ4n) is 2.18. The molecule has 1 saturated heterocycles. The molecule has 2 atom stereocenters. The average molecular weight is 319 g/mol. The lowest BCUT2D eigenvalue weighted by atomic mass is 10.0. The summed E-state index contributed by atoms with van der Waals surface area (Å²) in [6.07, 6.45) is 0.864. The molecule has 0 aromatic carbocycles. The Hall–Kier alpha value is -0.960. The fourth-order valence-corrected chi connectivity index (χ4v) is 4.70. The van der Waals surface area contributed by atoms with Crippen LogP contribution in [0.3, 0.4) is 0 Å². The third-order valence-corrected chi connectivity index (χ3v) is 6.16. The number of carbonyl (C=O) groups is 1. The molecular formula is C12H17NO5S2. The quantitative estimate of drug-likeness (QED) is 0.857. The number of hydrogen-bond donors (Lipinski definition) is 2. The Kier molecular flexibility index (Phi) is 4.48. The van der Waals surface area contributed by atoms with E-state index < -0.39 is 16.0 Å². The lowest BCUT2D eigenvalue weighted by Crippen LogP contribution is -2.32. The standard InChI is InChI=1S/C12H17NO5S2/c1-7-9(3-4-18-7)6-13-20(16,17)11-5-10(12(14)15)19-8(11)2/h5,7,9,13H,3-4,6H2,1-2H3,(H,14,15). The van der Waals surface area contributed by atoms with Gasteiger partial charge in [-0.25, -0.2) is 17.9 Å². The molecule has 20 heavy (non-hydrogen) atoms. The Morgan fingerprint density at radius 3 is 2.80 bits per heavy atom. The van der Waals surface area contributed by atoms with Gasteiger partial charge < -0.3 is 9.84 Å². The second-order valence-corrected chi connectivity index (χ2v) is 7.80. The normalized spacial score (nSPS) is 23.1. The molecule has 2 unspecified atom stereocenters. The molecule has 0 radical (unpaired) electrons. The van der Waals surface area contributed by atoms with Gasteiger partial charge in [0.05, 0.1) is 11.0 Å². The number of aromatic carboxylic acids is 1. The Balaban J connectivity index is 2.12. The summed E-state index contributed by atoms with van der Waals surface area (Å²) in [6, 6.07) is 1.21. The minimum atomic E-state index is -3.67. The highest BCUT2D eigenvalue weighted by Crippen LogP contribution is 2.26. The zero-order chi connectivity index (χ0) is 14.9. The first-order valence-electron chi connectivity index (χ1n) is 6.26. The van der Waals surface area contributed by atoms with E-state index in [1.807, 2.05) is 6.92 Å². The maximum absolute atomic E-state index is 12.2. The molecule has 1 aromatic heterocycles. The van der Waals surface area contributed by atoms with Crippen molar-refractivity contribution >= 4 is 27.3 Å². The SMILES string of the molecule is Cc1sc(C(=O)O)cc1S(=O)(=O)NCC1CCOC1C. The molecule has 2 heterocycles. The minimum Gasteiger partial charge on any atom is -0.477 e. The molecule has 112 valence electrons. The Morgan fingerprint density at radius 2 is 2.30 bits per heavy atom. The molecule has 0 amide bonds. The van der Waals surface area contributed by atoms with Crippen LogP contribution in [-0.2, 0) is 14.8 Å². The number of hydrogen-bond acceptors (Lipinski definition) is 5. The second kappa shape index (κ2) is 5.80. The second-order valence-electron chi connectivity index (χ2n) is 4.81. The number of thiophene rings is 1. The van der Waals surface area contributed by atoms with Crippen LogP contribution in [-0.4, -0.2) is 38.7 Å². The number of carboxylic acids is 1. The van der Waals surface area contributed by atoms with Crippen molar-refractivity contribution in [3.63, 3.8) is 0 Å². The number of rotatable bonds is 5. The third-order valence-electron chi connectivity index (χ3n) is 3.44. The van der Waals surface area contributed by atoms with Gasteiger partial charge in [-0.1, -0.05) is 0 Å². The maximum Gasteiger partial charge on any atom is 0.345 e. The molecular weight excluding hydrogens is 302 g/mol. The van der Waals surface area contributed by atoms with Crippen LogP contribution in [0.4, 0.5) is 0 Å². The Labute approximate surface area is 121 Å². The molecule has 0 aliphatic carbocycles. The van der Waals surface area contributed by atoms with Crippen LogP contribution >= 0.6 is 11.3 Å². The summed E-state index contributed by atoms with van der Waals surface area (Å²) < 4.78 is 32.4. The zero-order valence-corrected chi connectivity index (χ0v) is 12.9. The van der Waals surface area contributed by atoms with E-state index in [2.05, 4.69) is 4.72 Å². The number of aryl methyl sites for hydroxylation is 1. The van der Waals surface area contributed by atoms with Crippen molar-refractivity contribution in [3.8, 4) is 0 Å².